The topological polar surface area (TPSA) is 79.3 Å². The fraction of sp³-hybridized carbons (Fsp3) is 0.250. The number of phenolic OH excluding ortho intramolecular Hbond substituents is 1. The Morgan fingerprint density at radius 3 is 2.71 bits per heavy atom. The molecule has 0 aliphatic carbocycles. The van der Waals surface area contributed by atoms with Crippen molar-refractivity contribution in [3.8, 4) is 11.5 Å². The molecule has 2 aromatic rings. The van der Waals surface area contributed by atoms with Crippen LogP contribution >= 0.6 is 0 Å². The van der Waals surface area contributed by atoms with E-state index in [-0.39, 0.29) is 47.9 Å². The Kier molecular flexibility index (Phi) is 5.42. The summed E-state index contributed by atoms with van der Waals surface area (Å²) in [5.41, 5.74) is 3.76. The predicted octanol–water partition coefficient (Wildman–Crippen LogP) is 4.11. The maximum atomic E-state index is 13.5. The van der Waals surface area contributed by atoms with Gasteiger partial charge in [-0.1, -0.05) is 42.5 Å². The molecule has 2 aromatic carbocycles. The number of carbonyl (C=O) groups excluding carboxylic acids is 2. The van der Waals surface area contributed by atoms with Crippen LogP contribution in [0.15, 0.2) is 55.3 Å². The number of phenols is 1. The number of carbonyl (C=O) groups is 2. The van der Waals surface area contributed by atoms with Gasteiger partial charge in [0.25, 0.3) is 5.91 Å². The number of aromatic hydroxyl groups is 1. The minimum atomic E-state index is -0.607. The molecule has 1 N–H and O–H groups in total. The number of nitrogens with zero attached hydrogens (tertiary/aromatic N) is 2. The number of fused-ring (bicyclic) bond motifs is 2. The molecule has 7 nitrogen and oxygen atoms in total. The zero-order valence-electron chi connectivity index (χ0n) is 17.5. The van der Waals surface area contributed by atoms with Crippen molar-refractivity contribution in [2.45, 2.75) is 19.4 Å². The Balaban J connectivity index is 1.77. The normalized spacial score (nSPS) is 17.4. The number of rotatable bonds is 4. The summed E-state index contributed by atoms with van der Waals surface area (Å²) in [6, 6.07) is 10.7. The summed E-state index contributed by atoms with van der Waals surface area (Å²) in [7, 11) is 1.41. The fourth-order valence-corrected chi connectivity index (χ4v) is 3.96. The van der Waals surface area contributed by atoms with Crippen molar-refractivity contribution in [3.63, 3.8) is 0 Å². The van der Waals surface area contributed by atoms with Crippen molar-refractivity contribution in [3.05, 3.63) is 71.9 Å². The third-order valence-corrected chi connectivity index (χ3v) is 5.56. The Morgan fingerprint density at radius 1 is 1.29 bits per heavy atom. The highest BCUT2D eigenvalue weighted by Gasteiger charge is 2.39. The van der Waals surface area contributed by atoms with Gasteiger partial charge in [0, 0.05) is 12.3 Å². The summed E-state index contributed by atoms with van der Waals surface area (Å²) in [6.07, 6.45) is 3.31. The lowest BCUT2D eigenvalue weighted by atomic mass is 10.0. The highest BCUT2D eigenvalue weighted by atomic mass is 16.6. The molecular formula is C24H24N2O5. The van der Waals surface area contributed by atoms with Gasteiger partial charge in [0.05, 0.1) is 30.9 Å². The lowest BCUT2D eigenvalue weighted by Gasteiger charge is -2.25. The summed E-state index contributed by atoms with van der Waals surface area (Å²) in [5, 5.41) is 10.3. The molecule has 0 fully saturated rings. The Hall–Kier alpha value is -3.74. The van der Waals surface area contributed by atoms with Gasteiger partial charge in [0.1, 0.15) is 6.61 Å². The molecule has 0 aromatic heterocycles. The van der Waals surface area contributed by atoms with Crippen LogP contribution < -0.4 is 9.64 Å². The van der Waals surface area contributed by atoms with E-state index in [1.807, 2.05) is 37.4 Å². The third kappa shape index (κ3) is 3.74. The average molecular weight is 420 g/mol. The second-order valence-corrected chi connectivity index (χ2v) is 7.61. The van der Waals surface area contributed by atoms with Crippen molar-refractivity contribution in [2.24, 2.45) is 0 Å². The van der Waals surface area contributed by atoms with Crippen molar-refractivity contribution in [1.82, 2.24) is 4.90 Å². The van der Waals surface area contributed by atoms with E-state index in [2.05, 4.69) is 6.58 Å². The summed E-state index contributed by atoms with van der Waals surface area (Å²) < 4.78 is 10.4. The molecule has 0 saturated carbocycles. The van der Waals surface area contributed by atoms with Crippen LogP contribution in [0.1, 0.15) is 27.9 Å². The van der Waals surface area contributed by atoms with Crippen LogP contribution in [0.2, 0.25) is 0 Å². The van der Waals surface area contributed by atoms with Crippen molar-refractivity contribution in [2.75, 3.05) is 25.2 Å². The quantitative estimate of drug-likeness (QED) is 0.753. The smallest absolute Gasteiger partial charge is 0.414 e. The first-order valence-electron chi connectivity index (χ1n) is 9.99. The van der Waals surface area contributed by atoms with E-state index >= 15 is 0 Å². The lowest BCUT2D eigenvalue weighted by Crippen LogP contribution is -2.41. The van der Waals surface area contributed by atoms with Gasteiger partial charge in [-0.05, 0) is 30.5 Å². The molecule has 1 atom stereocenters. The van der Waals surface area contributed by atoms with E-state index in [9.17, 15) is 14.7 Å². The van der Waals surface area contributed by atoms with E-state index < -0.39 is 6.09 Å². The van der Waals surface area contributed by atoms with Gasteiger partial charge in [-0.15, -0.1) is 0 Å². The third-order valence-electron chi connectivity index (χ3n) is 5.56. The number of ether oxygens (including phenoxy) is 2. The lowest BCUT2D eigenvalue weighted by molar-refractivity contribution is 0.0794. The molecule has 0 radical (unpaired) electrons. The molecule has 0 unspecified atom stereocenters. The highest BCUT2D eigenvalue weighted by Crippen LogP contribution is 2.41. The van der Waals surface area contributed by atoms with Crippen molar-refractivity contribution < 1.29 is 24.2 Å². The molecule has 7 heteroatoms. The van der Waals surface area contributed by atoms with Gasteiger partial charge in [0.15, 0.2) is 11.5 Å². The number of methoxy groups -OCH3 is 1. The zero-order chi connectivity index (χ0) is 22.1. The maximum absolute atomic E-state index is 13.5. The van der Waals surface area contributed by atoms with Crippen LogP contribution in [-0.2, 0) is 4.74 Å². The van der Waals surface area contributed by atoms with E-state index in [0.717, 1.165) is 16.7 Å². The van der Waals surface area contributed by atoms with Gasteiger partial charge in [0.2, 0.25) is 0 Å². The van der Waals surface area contributed by atoms with E-state index in [1.54, 1.807) is 4.90 Å². The highest BCUT2D eigenvalue weighted by molar-refractivity contribution is 6.06. The molecule has 0 spiro atoms. The molecule has 2 amide bonds. The maximum Gasteiger partial charge on any atom is 0.414 e. The molecule has 2 aliphatic rings. The summed E-state index contributed by atoms with van der Waals surface area (Å²) in [6.45, 7) is 5.87. The first-order chi connectivity index (χ1) is 14.9. The van der Waals surface area contributed by atoms with Crippen molar-refractivity contribution in [1.29, 1.82) is 0 Å². The molecule has 31 heavy (non-hydrogen) atoms. The second kappa shape index (κ2) is 8.18. The number of hydrogen-bond acceptors (Lipinski definition) is 5. The SMILES string of the molecule is C=CCOC(=O)N1C[C@@H]2CC(c3ccc(C)cc3)=CN2C(=O)c2cc(OC)c(O)cc21. The van der Waals surface area contributed by atoms with Gasteiger partial charge in [-0.25, -0.2) is 4.79 Å². The minimum Gasteiger partial charge on any atom is -0.504 e. The number of aryl methyl sites for hydroxylation is 1. The molecule has 0 saturated heterocycles. The van der Waals surface area contributed by atoms with Gasteiger partial charge in [-0.2, -0.15) is 0 Å². The molecule has 4 rings (SSSR count). The fourth-order valence-electron chi connectivity index (χ4n) is 3.96. The van der Waals surface area contributed by atoms with E-state index in [1.165, 1.54) is 30.2 Å². The standard InChI is InChI=1S/C24H24N2O5/c1-4-9-31-24(29)26-14-18-10-17(16-7-5-15(2)6-8-16)13-25(18)23(28)19-11-22(30-3)21(27)12-20(19)26/h4-8,11-13,18,27H,1,9-10,14H2,2-3H3/t18-/m0/s1. The second-order valence-electron chi connectivity index (χ2n) is 7.61. The van der Waals surface area contributed by atoms with Crippen LogP contribution in [0, 0.1) is 6.92 Å². The van der Waals surface area contributed by atoms with E-state index in [4.69, 9.17) is 9.47 Å². The number of amides is 2. The Morgan fingerprint density at radius 2 is 2.03 bits per heavy atom. The van der Waals surface area contributed by atoms with E-state index in [0.29, 0.717) is 6.42 Å². The minimum absolute atomic E-state index is 0.0436. The summed E-state index contributed by atoms with van der Waals surface area (Å²) >= 11 is 0. The van der Waals surface area contributed by atoms with Gasteiger partial charge < -0.3 is 19.5 Å². The van der Waals surface area contributed by atoms with Gasteiger partial charge in [-0.3, -0.25) is 9.69 Å². The molecular weight excluding hydrogens is 396 g/mol. The predicted molar refractivity (Wildman–Crippen MR) is 117 cm³/mol. The number of hydrogen-bond donors (Lipinski definition) is 1. The monoisotopic (exact) mass is 420 g/mol. The number of anilines is 1. The summed E-state index contributed by atoms with van der Waals surface area (Å²) in [5.74, 6) is -0.264. The van der Waals surface area contributed by atoms with Crippen LogP contribution in [0.4, 0.5) is 10.5 Å². The Labute approximate surface area is 180 Å². The van der Waals surface area contributed by atoms with Gasteiger partial charge >= 0.3 is 6.09 Å². The largest absolute Gasteiger partial charge is 0.504 e. The Bertz CT molecular complexity index is 1070. The van der Waals surface area contributed by atoms with Crippen LogP contribution in [-0.4, -0.2) is 48.3 Å². The number of benzene rings is 2. The molecule has 0 bridgehead atoms. The van der Waals surface area contributed by atoms with Crippen LogP contribution in [0.5, 0.6) is 11.5 Å². The zero-order valence-corrected chi connectivity index (χ0v) is 17.5. The molecule has 2 heterocycles. The summed E-state index contributed by atoms with van der Waals surface area (Å²) in [4.78, 5) is 29.3. The van der Waals surface area contributed by atoms with Crippen LogP contribution in [0.25, 0.3) is 5.57 Å². The first-order valence-corrected chi connectivity index (χ1v) is 9.99. The first kappa shape index (κ1) is 20.5. The molecule has 160 valence electrons. The molecule has 2 aliphatic heterocycles. The van der Waals surface area contributed by atoms with Crippen molar-refractivity contribution >= 4 is 23.3 Å². The van der Waals surface area contributed by atoms with Crippen LogP contribution in [0.3, 0.4) is 0 Å². The average Bonchev–Trinajstić information content (AvgIpc) is 3.15.